The van der Waals surface area contributed by atoms with Gasteiger partial charge < -0.3 is 10.4 Å². The molecule has 0 radical (unpaired) electrons. The molecule has 2 unspecified atom stereocenters. The summed E-state index contributed by atoms with van der Waals surface area (Å²) in [7, 11) is -0.551. The summed E-state index contributed by atoms with van der Waals surface area (Å²) in [6, 6.07) is -1.40. The monoisotopic (exact) mass is 339 g/mol. The Kier molecular flexibility index (Phi) is 6.29. The molecule has 1 rings (SSSR count). The fourth-order valence-corrected chi connectivity index (χ4v) is 3.97. The zero-order chi connectivity index (χ0) is 16.2. The van der Waals surface area contributed by atoms with E-state index in [1.165, 1.54) is 30.8 Å². The predicted octanol–water partition coefficient (Wildman–Crippen LogP) is -0.174. The van der Waals surface area contributed by atoms with Gasteiger partial charge in [-0.2, -0.15) is 0 Å². The number of thioether (sulfide) groups is 1. The highest BCUT2D eigenvalue weighted by molar-refractivity contribution is 8.00. The second kappa shape index (κ2) is 7.32. The fraction of sp³-hybridized carbons (Fsp3) is 0.818. The van der Waals surface area contributed by atoms with Crippen LogP contribution in [-0.2, 0) is 14.8 Å². The Hall–Kier alpha value is -1.00. The highest BCUT2D eigenvalue weighted by Gasteiger charge is 2.40. The van der Waals surface area contributed by atoms with Crippen LogP contribution in [0.15, 0.2) is 0 Å². The largest absolute Gasteiger partial charge is 0.480 e. The lowest BCUT2D eigenvalue weighted by molar-refractivity contribution is -0.141. The van der Waals surface area contributed by atoms with Crippen molar-refractivity contribution in [3.05, 3.63) is 0 Å². The van der Waals surface area contributed by atoms with E-state index in [-0.39, 0.29) is 17.7 Å². The zero-order valence-corrected chi connectivity index (χ0v) is 13.9. The van der Waals surface area contributed by atoms with Crippen LogP contribution in [0.25, 0.3) is 0 Å². The van der Waals surface area contributed by atoms with Gasteiger partial charge in [-0.3, -0.25) is 4.90 Å². The van der Waals surface area contributed by atoms with Gasteiger partial charge in [-0.05, 0) is 6.42 Å². The number of sulfonamides is 1. The molecule has 2 N–H and O–H groups in total. The van der Waals surface area contributed by atoms with E-state index in [1.54, 1.807) is 0 Å². The number of urea groups is 1. The lowest BCUT2D eigenvalue weighted by Crippen LogP contribution is -2.51. The Morgan fingerprint density at radius 2 is 2.05 bits per heavy atom. The minimum Gasteiger partial charge on any atom is -0.480 e. The van der Waals surface area contributed by atoms with E-state index in [1.807, 2.05) is 6.92 Å². The molecule has 2 amide bonds. The number of carbonyl (C=O) groups is 2. The fourth-order valence-electron chi connectivity index (χ4n) is 1.90. The highest BCUT2D eigenvalue weighted by atomic mass is 32.2. The second-order valence-corrected chi connectivity index (χ2v) is 8.30. The van der Waals surface area contributed by atoms with Crippen LogP contribution in [0.3, 0.4) is 0 Å². The van der Waals surface area contributed by atoms with Crippen molar-refractivity contribution in [2.24, 2.45) is 0 Å². The number of nitrogens with one attached hydrogen (secondary N) is 1. The third-order valence-electron chi connectivity index (χ3n) is 3.15. The Balaban J connectivity index is 2.63. The van der Waals surface area contributed by atoms with E-state index < -0.39 is 28.1 Å². The number of aliphatic carboxylic acids is 1. The molecule has 122 valence electrons. The highest BCUT2D eigenvalue weighted by Crippen LogP contribution is 2.31. The minimum atomic E-state index is -3.39. The van der Waals surface area contributed by atoms with Gasteiger partial charge in [-0.15, -0.1) is 11.8 Å². The van der Waals surface area contributed by atoms with Gasteiger partial charge in [0, 0.05) is 26.4 Å². The minimum absolute atomic E-state index is 0.0523. The summed E-state index contributed by atoms with van der Waals surface area (Å²) in [5, 5.41) is 11.4. The van der Waals surface area contributed by atoms with E-state index in [9.17, 15) is 18.0 Å². The molecule has 1 aliphatic heterocycles. The smallest absolute Gasteiger partial charge is 0.327 e. The lowest BCUT2D eigenvalue weighted by Gasteiger charge is -2.26. The molecule has 21 heavy (non-hydrogen) atoms. The molecule has 1 aliphatic rings. The van der Waals surface area contributed by atoms with E-state index in [2.05, 4.69) is 5.32 Å². The summed E-state index contributed by atoms with van der Waals surface area (Å²) in [6.07, 6.45) is 0.637. The van der Waals surface area contributed by atoms with Crippen molar-refractivity contribution in [2.45, 2.75) is 24.8 Å². The van der Waals surface area contributed by atoms with Crippen LogP contribution in [0.4, 0.5) is 4.79 Å². The molecule has 0 bridgehead atoms. The van der Waals surface area contributed by atoms with Crippen molar-refractivity contribution < 1.29 is 23.1 Å². The number of carboxylic acid groups (broad SMARTS) is 1. The first-order valence-corrected chi connectivity index (χ1v) is 9.17. The van der Waals surface area contributed by atoms with Crippen molar-refractivity contribution in [1.29, 1.82) is 0 Å². The molecule has 8 nitrogen and oxygen atoms in total. The maximum absolute atomic E-state index is 12.1. The summed E-state index contributed by atoms with van der Waals surface area (Å²) in [5.74, 6) is -0.923. The van der Waals surface area contributed by atoms with Crippen LogP contribution in [0.5, 0.6) is 0 Å². The maximum Gasteiger partial charge on any atom is 0.327 e. The summed E-state index contributed by atoms with van der Waals surface area (Å²) < 4.78 is 24.3. The van der Waals surface area contributed by atoms with E-state index >= 15 is 0 Å². The number of hydrogen-bond donors (Lipinski definition) is 2. The topological polar surface area (TPSA) is 107 Å². The number of carbonyl (C=O) groups excluding carboxylic acids is 1. The molecule has 10 heteroatoms. The molecule has 0 aromatic rings. The van der Waals surface area contributed by atoms with Gasteiger partial charge in [0.25, 0.3) is 0 Å². The van der Waals surface area contributed by atoms with Crippen LogP contribution in [0.2, 0.25) is 0 Å². The first-order valence-electron chi connectivity index (χ1n) is 6.51. The van der Waals surface area contributed by atoms with Gasteiger partial charge in [0.05, 0.1) is 11.1 Å². The molecule has 1 heterocycles. The Bertz CT molecular complexity index is 494. The molecule has 1 fully saturated rings. The summed E-state index contributed by atoms with van der Waals surface area (Å²) >= 11 is 1.42. The normalized spacial score (nSPS) is 22.6. The Morgan fingerprint density at radius 1 is 1.43 bits per heavy atom. The molecule has 0 spiro atoms. The van der Waals surface area contributed by atoms with E-state index in [4.69, 9.17) is 5.11 Å². The number of nitrogens with zero attached hydrogens (tertiary/aromatic N) is 2. The molecule has 2 atom stereocenters. The summed E-state index contributed by atoms with van der Waals surface area (Å²) in [6.45, 7) is 1.82. The summed E-state index contributed by atoms with van der Waals surface area (Å²) in [4.78, 5) is 24.6. The molecular weight excluding hydrogens is 318 g/mol. The number of rotatable bonds is 6. The third-order valence-corrected chi connectivity index (χ3v) is 6.44. The Morgan fingerprint density at radius 3 is 2.52 bits per heavy atom. The average Bonchev–Trinajstić information content (AvgIpc) is 2.81. The van der Waals surface area contributed by atoms with Crippen molar-refractivity contribution >= 4 is 33.8 Å². The predicted molar refractivity (Wildman–Crippen MR) is 80.7 cm³/mol. The summed E-state index contributed by atoms with van der Waals surface area (Å²) in [5.41, 5.74) is 0. The quantitative estimate of drug-likeness (QED) is 0.695. The molecule has 0 aromatic heterocycles. The van der Waals surface area contributed by atoms with Crippen molar-refractivity contribution in [3.63, 3.8) is 0 Å². The maximum atomic E-state index is 12.1. The van der Waals surface area contributed by atoms with Crippen LogP contribution in [0.1, 0.15) is 13.3 Å². The number of hydrogen-bond acceptors (Lipinski definition) is 5. The van der Waals surface area contributed by atoms with Crippen LogP contribution in [0, 0.1) is 0 Å². The first-order chi connectivity index (χ1) is 9.70. The molecule has 0 saturated carbocycles. The van der Waals surface area contributed by atoms with Gasteiger partial charge in [0.15, 0.2) is 0 Å². The average molecular weight is 339 g/mol. The molecule has 1 saturated heterocycles. The van der Waals surface area contributed by atoms with Gasteiger partial charge in [-0.1, -0.05) is 6.92 Å². The molecule has 0 aromatic carbocycles. The molecule has 0 aliphatic carbocycles. The van der Waals surface area contributed by atoms with Crippen molar-refractivity contribution in [2.75, 3.05) is 32.1 Å². The van der Waals surface area contributed by atoms with E-state index in [0.29, 0.717) is 12.2 Å². The number of amides is 2. The van der Waals surface area contributed by atoms with Gasteiger partial charge in [-0.25, -0.2) is 22.3 Å². The van der Waals surface area contributed by atoms with Gasteiger partial charge >= 0.3 is 12.0 Å². The SMILES string of the molecule is CCC1SCC(C(=O)O)N1C(=O)NCCS(=O)(=O)N(C)C. The zero-order valence-electron chi connectivity index (χ0n) is 12.3. The standard InChI is InChI=1S/C11H21N3O5S2/c1-4-9-14(8(7-20-9)10(15)16)11(17)12-5-6-21(18,19)13(2)3/h8-9H,4-7H2,1-3H3,(H,12,17)(H,15,16). The molecular formula is C11H21N3O5S2. The lowest BCUT2D eigenvalue weighted by atomic mass is 10.3. The van der Waals surface area contributed by atoms with Gasteiger partial charge in [0.2, 0.25) is 10.0 Å². The van der Waals surface area contributed by atoms with E-state index in [0.717, 1.165) is 4.31 Å². The van der Waals surface area contributed by atoms with Crippen LogP contribution in [-0.4, -0.2) is 78.3 Å². The number of carboxylic acids is 1. The second-order valence-electron chi connectivity index (χ2n) is 4.79. The van der Waals surface area contributed by atoms with Crippen molar-refractivity contribution in [1.82, 2.24) is 14.5 Å². The van der Waals surface area contributed by atoms with Crippen LogP contribution >= 0.6 is 11.8 Å². The Labute approximate surface area is 128 Å². The van der Waals surface area contributed by atoms with Crippen molar-refractivity contribution in [3.8, 4) is 0 Å². The van der Waals surface area contributed by atoms with Crippen LogP contribution < -0.4 is 5.32 Å². The third kappa shape index (κ3) is 4.48. The van der Waals surface area contributed by atoms with Gasteiger partial charge in [0.1, 0.15) is 6.04 Å². The first kappa shape index (κ1) is 18.1.